The predicted molar refractivity (Wildman–Crippen MR) is 85.3 cm³/mol. The van der Waals surface area contributed by atoms with Gasteiger partial charge in [-0.3, -0.25) is 9.59 Å². The number of nitrogens with one attached hydrogen (secondary N) is 1. The summed E-state index contributed by atoms with van der Waals surface area (Å²) >= 11 is 1.69. The number of thiophene rings is 1. The van der Waals surface area contributed by atoms with Crippen molar-refractivity contribution in [3.8, 4) is 0 Å². The Hall–Kier alpha value is -1.36. The van der Waals surface area contributed by atoms with E-state index in [9.17, 15) is 9.59 Å². The van der Waals surface area contributed by atoms with E-state index in [1.54, 1.807) is 16.2 Å². The maximum absolute atomic E-state index is 12.6. The van der Waals surface area contributed by atoms with Crippen molar-refractivity contribution < 1.29 is 9.59 Å². The fourth-order valence-corrected chi connectivity index (χ4v) is 3.55. The highest BCUT2D eigenvalue weighted by atomic mass is 32.1. The van der Waals surface area contributed by atoms with Gasteiger partial charge in [-0.1, -0.05) is 40.2 Å². The Morgan fingerprint density at radius 1 is 1.48 bits per heavy atom. The van der Waals surface area contributed by atoms with E-state index >= 15 is 0 Å². The van der Waals surface area contributed by atoms with E-state index in [0.717, 1.165) is 6.42 Å². The van der Waals surface area contributed by atoms with Crippen molar-refractivity contribution in [3.05, 3.63) is 22.4 Å². The van der Waals surface area contributed by atoms with Crippen LogP contribution < -0.4 is 5.32 Å². The van der Waals surface area contributed by atoms with Crippen molar-refractivity contribution in [1.29, 1.82) is 0 Å². The molecule has 1 aliphatic heterocycles. The molecular formula is C16H24N2O2S. The van der Waals surface area contributed by atoms with Crippen molar-refractivity contribution >= 4 is 23.2 Å². The lowest BCUT2D eigenvalue weighted by atomic mass is 9.89. The van der Waals surface area contributed by atoms with Gasteiger partial charge < -0.3 is 10.2 Å². The SMILES string of the molecule is CCC(C)C1NC(=O)CN(CC(C)(C)c2cccs2)C1=O. The van der Waals surface area contributed by atoms with Crippen LogP contribution in [0.2, 0.25) is 0 Å². The van der Waals surface area contributed by atoms with Gasteiger partial charge in [-0.2, -0.15) is 0 Å². The monoisotopic (exact) mass is 308 g/mol. The fourth-order valence-electron chi connectivity index (χ4n) is 2.70. The van der Waals surface area contributed by atoms with E-state index in [1.807, 2.05) is 25.3 Å². The standard InChI is InChI=1S/C16H24N2O2S/c1-5-11(2)14-15(20)18(9-13(19)17-14)10-16(3,4)12-7-6-8-21-12/h6-8,11,14H,5,9-10H2,1-4H3,(H,17,19). The minimum absolute atomic E-state index is 0.0496. The molecule has 1 fully saturated rings. The van der Waals surface area contributed by atoms with Gasteiger partial charge in [0.1, 0.15) is 6.04 Å². The van der Waals surface area contributed by atoms with Crippen LogP contribution in [0.5, 0.6) is 0 Å². The lowest BCUT2D eigenvalue weighted by Gasteiger charge is -2.39. The molecule has 2 atom stereocenters. The first-order valence-corrected chi connectivity index (χ1v) is 8.35. The Balaban J connectivity index is 2.15. The summed E-state index contributed by atoms with van der Waals surface area (Å²) in [7, 11) is 0. The van der Waals surface area contributed by atoms with Crippen molar-refractivity contribution in [2.45, 2.75) is 45.6 Å². The normalized spacial score (nSPS) is 21.3. The van der Waals surface area contributed by atoms with Gasteiger partial charge in [0.25, 0.3) is 0 Å². The van der Waals surface area contributed by atoms with Crippen LogP contribution in [0.4, 0.5) is 0 Å². The molecular weight excluding hydrogens is 284 g/mol. The van der Waals surface area contributed by atoms with Gasteiger partial charge >= 0.3 is 0 Å². The van der Waals surface area contributed by atoms with Gasteiger partial charge in [-0.25, -0.2) is 0 Å². The summed E-state index contributed by atoms with van der Waals surface area (Å²) in [6.45, 7) is 9.04. The molecule has 2 amide bonds. The van der Waals surface area contributed by atoms with Crippen molar-refractivity contribution in [2.24, 2.45) is 5.92 Å². The van der Waals surface area contributed by atoms with Crippen molar-refractivity contribution in [3.63, 3.8) is 0 Å². The van der Waals surface area contributed by atoms with Gasteiger partial charge in [0.2, 0.25) is 11.8 Å². The number of piperazine rings is 1. The highest BCUT2D eigenvalue weighted by molar-refractivity contribution is 7.10. The Labute approximate surface area is 130 Å². The third-order valence-corrected chi connectivity index (χ3v) is 5.45. The Morgan fingerprint density at radius 3 is 2.76 bits per heavy atom. The molecule has 1 aromatic heterocycles. The number of rotatable bonds is 5. The molecule has 116 valence electrons. The van der Waals surface area contributed by atoms with E-state index in [4.69, 9.17) is 0 Å². The van der Waals surface area contributed by atoms with Gasteiger partial charge in [-0.05, 0) is 17.4 Å². The molecule has 0 radical (unpaired) electrons. The largest absolute Gasteiger partial charge is 0.342 e. The third kappa shape index (κ3) is 3.46. The van der Waals surface area contributed by atoms with Gasteiger partial charge in [-0.15, -0.1) is 11.3 Å². The number of amides is 2. The summed E-state index contributed by atoms with van der Waals surface area (Å²) in [5.74, 6) is 0.157. The molecule has 1 aromatic rings. The van der Waals surface area contributed by atoms with Crippen LogP contribution in [0.25, 0.3) is 0 Å². The average molecular weight is 308 g/mol. The Kier molecular flexibility index (Phi) is 4.71. The molecule has 2 rings (SSSR count). The summed E-state index contributed by atoms with van der Waals surface area (Å²) in [6, 6.07) is 3.73. The first-order valence-electron chi connectivity index (χ1n) is 7.47. The van der Waals surface area contributed by atoms with Crippen LogP contribution in [0, 0.1) is 5.92 Å². The van der Waals surface area contributed by atoms with Crippen LogP contribution in [-0.2, 0) is 15.0 Å². The molecule has 0 saturated carbocycles. The summed E-state index contributed by atoms with van der Waals surface area (Å²) in [5, 5.41) is 4.89. The molecule has 0 aliphatic carbocycles. The Bertz CT molecular complexity index is 510. The van der Waals surface area contributed by atoms with Crippen molar-refractivity contribution in [2.75, 3.05) is 13.1 Å². The molecule has 4 nitrogen and oxygen atoms in total. The summed E-state index contributed by atoms with van der Waals surface area (Å²) in [6.07, 6.45) is 0.874. The number of carbonyl (C=O) groups is 2. The third-order valence-electron chi connectivity index (χ3n) is 4.22. The molecule has 1 saturated heterocycles. The van der Waals surface area contributed by atoms with Gasteiger partial charge in [0.05, 0.1) is 6.54 Å². The Morgan fingerprint density at radius 2 is 2.19 bits per heavy atom. The lowest BCUT2D eigenvalue weighted by molar-refractivity contribution is -0.146. The molecule has 5 heteroatoms. The number of hydrogen-bond donors (Lipinski definition) is 1. The first-order chi connectivity index (χ1) is 9.85. The number of carbonyl (C=O) groups excluding carboxylic acids is 2. The van der Waals surface area contributed by atoms with E-state index in [2.05, 4.69) is 25.2 Å². The second kappa shape index (κ2) is 6.18. The van der Waals surface area contributed by atoms with Crippen LogP contribution in [0.3, 0.4) is 0 Å². The quantitative estimate of drug-likeness (QED) is 0.908. The predicted octanol–water partition coefficient (Wildman–Crippen LogP) is 2.40. The molecule has 0 bridgehead atoms. The second-order valence-electron chi connectivity index (χ2n) is 6.49. The molecule has 1 aliphatic rings. The lowest BCUT2D eigenvalue weighted by Crippen LogP contribution is -2.61. The maximum atomic E-state index is 12.6. The van der Waals surface area contributed by atoms with Crippen LogP contribution in [-0.4, -0.2) is 35.8 Å². The van der Waals surface area contributed by atoms with Gasteiger partial charge in [0.15, 0.2) is 0 Å². The summed E-state index contributed by atoms with van der Waals surface area (Å²) in [4.78, 5) is 27.5. The highest BCUT2D eigenvalue weighted by Crippen LogP contribution is 2.29. The zero-order valence-corrected chi connectivity index (χ0v) is 14.0. The van der Waals surface area contributed by atoms with Crippen LogP contribution in [0.1, 0.15) is 39.0 Å². The van der Waals surface area contributed by atoms with Crippen LogP contribution >= 0.6 is 11.3 Å². The number of nitrogens with zero attached hydrogens (tertiary/aromatic N) is 1. The van der Waals surface area contributed by atoms with Crippen molar-refractivity contribution in [1.82, 2.24) is 10.2 Å². The smallest absolute Gasteiger partial charge is 0.245 e. The molecule has 2 unspecified atom stereocenters. The minimum Gasteiger partial charge on any atom is -0.342 e. The fraction of sp³-hybridized carbons (Fsp3) is 0.625. The first kappa shape index (κ1) is 16.0. The van der Waals surface area contributed by atoms with E-state index < -0.39 is 0 Å². The van der Waals surface area contributed by atoms with E-state index in [0.29, 0.717) is 6.54 Å². The van der Waals surface area contributed by atoms with Crippen LogP contribution in [0.15, 0.2) is 17.5 Å². The summed E-state index contributed by atoms with van der Waals surface area (Å²) < 4.78 is 0. The zero-order chi connectivity index (χ0) is 15.6. The molecule has 21 heavy (non-hydrogen) atoms. The zero-order valence-electron chi connectivity index (χ0n) is 13.2. The van der Waals surface area contributed by atoms with Gasteiger partial charge in [0, 0.05) is 16.8 Å². The second-order valence-corrected chi connectivity index (χ2v) is 7.43. The molecule has 0 spiro atoms. The molecule has 0 aromatic carbocycles. The number of hydrogen-bond acceptors (Lipinski definition) is 3. The molecule has 1 N–H and O–H groups in total. The minimum atomic E-state index is -0.379. The van der Waals surface area contributed by atoms with E-state index in [-0.39, 0.29) is 35.7 Å². The maximum Gasteiger partial charge on any atom is 0.245 e. The highest BCUT2D eigenvalue weighted by Gasteiger charge is 2.38. The average Bonchev–Trinajstić information content (AvgIpc) is 2.96. The summed E-state index contributed by atoms with van der Waals surface area (Å²) in [5.41, 5.74) is -0.137. The molecule has 2 heterocycles. The topological polar surface area (TPSA) is 49.4 Å². The van der Waals surface area contributed by atoms with E-state index in [1.165, 1.54) is 4.88 Å².